The zero-order valence-electron chi connectivity index (χ0n) is 11.6. The Kier molecular flexibility index (Phi) is 5.94. The van der Waals surface area contributed by atoms with E-state index in [1.165, 1.54) is 6.07 Å². The van der Waals surface area contributed by atoms with Gasteiger partial charge in [-0.2, -0.15) is 0 Å². The second-order valence-electron chi connectivity index (χ2n) is 4.94. The lowest BCUT2D eigenvalue weighted by atomic mass is 10.1. The van der Waals surface area contributed by atoms with Crippen LogP contribution in [-0.2, 0) is 4.79 Å². The van der Waals surface area contributed by atoms with Crippen LogP contribution in [0.4, 0.5) is 4.39 Å². The maximum Gasteiger partial charge on any atom is 0.237 e. The maximum atomic E-state index is 13.7. The largest absolute Gasteiger partial charge is 0.353 e. The van der Waals surface area contributed by atoms with E-state index < -0.39 is 0 Å². The normalized spacial score (nSPS) is 14.3. The molecule has 5 heteroatoms. The van der Waals surface area contributed by atoms with E-state index in [1.54, 1.807) is 19.1 Å². The van der Waals surface area contributed by atoms with E-state index in [0.717, 1.165) is 4.47 Å². The lowest BCUT2D eigenvalue weighted by Gasteiger charge is -2.21. The molecule has 0 aromatic heterocycles. The Hall–Kier alpha value is -0.940. The van der Waals surface area contributed by atoms with E-state index in [2.05, 4.69) is 26.6 Å². The zero-order valence-corrected chi connectivity index (χ0v) is 13.2. The van der Waals surface area contributed by atoms with Gasteiger partial charge in [0.05, 0.1) is 6.04 Å². The van der Waals surface area contributed by atoms with Gasteiger partial charge in [-0.1, -0.05) is 15.9 Å². The van der Waals surface area contributed by atoms with Gasteiger partial charge in [-0.15, -0.1) is 0 Å². The summed E-state index contributed by atoms with van der Waals surface area (Å²) in [5.41, 5.74) is 0.540. The molecule has 0 aliphatic heterocycles. The number of halogens is 2. The summed E-state index contributed by atoms with van der Waals surface area (Å²) in [5.74, 6) is -0.364. The van der Waals surface area contributed by atoms with Gasteiger partial charge in [0, 0.05) is 22.1 Å². The summed E-state index contributed by atoms with van der Waals surface area (Å²) < 4.78 is 14.5. The number of nitrogens with one attached hydrogen (secondary N) is 2. The molecule has 1 aromatic carbocycles. The van der Waals surface area contributed by atoms with Gasteiger partial charge in [-0.05, 0) is 45.9 Å². The van der Waals surface area contributed by atoms with Crippen LogP contribution >= 0.6 is 15.9 Å². The topological polar surface area (TPSA) is 41.1 Å². The second kappa shape index (κ2) is 7.01. The predicted octanol–water partition coefficient (Wildman–Crippen LogP) is 3.15. The molecule has 19 heavy (non-hydrogen) atoms. The highest BCUT2D eigenvalue weighted by molar-refractivity contribution is 9.10. The second-order valence-corrected chi connectivity index (χ2v) is 5.85. The minimum absolute atomic E-state index is 0.0859. The van der Waals surface area contributed by atoms with Crippen LogP contribution in [0, 0.1) is 5.82 Å². The molecule has 0 bridgehead atoms. The van der Waals surface area contributed by atoms with E-state index in [0.29, 0.717) is 5.56 Å². The molecule has 0 spiro atoms. The number of benzene rings is 1. The molecule has 0 radical (unpaired) electrons. The molecule has 0 aliphatic carbocycles. The minimum Gasteiger partial charge on any atom is -0.353 e. The van der Waals surface area contributed by atoms with Crippen molar-refractivity contribution in [2.75, 3.05) is 0 Å². The summed E-state index contributed by atoms with van der Waals surface area (Å²) in [6.45, 7) is 7.41. The average molecular weight is 331 g/mol. The van der Waals surface area contributed by atoms with Crippen LogP contribution < -0.4 is 10.6 Å². The Morgan fingerprint density at radius 3 is 2.47 bits per heavy atom. The van der Waals surface area contributed by atoms with Crippen molar-refractivity contribution < 1.29 is 9.18 Å². The molecule has 106 valence electrons. The highest BCUT2D eigenvalue weighted by Gasteiger charge is 2.18. The SMILES string of the molecule is CC(C)NC(=O)C(C)NC(C)c1cc(Br)ccc1F. The summed E-state index contributed by atoms with van der Waals surface area (Å²) in [7, 11) is 0. The summed E-state index contributed by atoms with van der Waals surface area (Å²) in [6, 6.07) is 4.26. The molecule has 0 saturated heterocycles. The predicted molar refractivity (Wildman–Crippen MR) is 78.4 cm³/mol. The van der Waals surface area contributed by atoms with Gasteiger partial charge in [-0.25, -0.2) is 4.39 Å². The van der Waals surface area contributed by atoms with E-state index >= 15 is 0 Å². The van der Waals surface area contributed by atoms with Crippen molar-refractivity contribution in [1.82, 2.24) is 10.6 Å². The van der Waals surface area contributed by atoms with Crippen LogP contribution in [0.3, 0.4) is 0 Å². The number of hydrogen-bond donors (Lipinski definition) is 2. The van der Waals surface area contributed by atoms with Crippen molar-refractivity contribution in [2.45, 2.75) is 45.8 Å². The van der Waals surface area contributed by atoms with Gasteiger partial charge in [0.1, 0.15) is 5.82 Å². The fraction of sp³-hybridized carbons (Fsp3) is 0.500. The minimum atomic E-state index is -0.379. The molecule has 2 unspecified atom stereocenters. The van der Waals surface area contributed by atoms with Crippen molar-refractivity contribution >= 4 is 21.8 Å². The average Bonchev–Trinajstić information content (AvgIpc) is 2.31. The van der Waals surface area contributed by atoms with Crippen molar-refractivity contribution in [1.29, 1.82) is 0 Å². The number of rotatable bonds is 5. The number of hydrogen-bond acceptors (Lipinski definition) is 2. The molecule has 3 nitrogen and oxygen atoms in total. The molecular formula is C14H20BrFN2O. The molecule has 0 heterocycles. The first-order valence-electron chi connectivity index (χ1n) is 6.32. The molecular weight excluding hydrogens is 311 g/mol. The number of amides is 1. The Bertz CT molecular complexity index is 451. The summed E-state index contributed by atoms with van der Waals surface area (Å²) >= 11 is 3.32. The molecule has 1 amide bonds. The van der Waals surface area contributed by atoms with Crippen LogP contribution in [0.2, 0.25) is 0 Å². The van der Waals surface area contributed by atoms with E-state index in [4.69, 9.17) is 0 Å². The third kappa shape index (κ3) is 4.91. The lowest BCUT2D eigenvalue weighted by Crippen LogP contribution is -2.45. The van der Waals surface area contributed by atoms with Crippen LogP contribution in [0.1, 0.15) is 39.3 Å². The molecule has 0 saturated carbocycles. The number of carbonyl (C=O) groups is 1. The quantitative estimate of drug-likeness (QED) is 0.870. The van der Waals surface area contributed by atoms with Gasteiger partial charge in [0.15, 0.2) is 0 Å². The lowest BCUT2D eigenvalue weighted by molar-refractivity contribution is -0.123. The van der Waals surface area contributed by atoms with E-state index in [1.807, 2.05) is 20.8 Å². The fourth-order valence-electron chi connectivity index (χ4n) is 1.80. The van der Waals surface area contributed by atoms with Gasteiger partial charge in [0.2, 0.25) is 5.91 Å². The monoisotopic (exact) mass is 330 g/mol. The molecule has 1 aromatic rings. The van der Waals surface area contributed by atoms with Crippen molar-refractivity contribution in [2.24, 2.45) is 0 Å². The first kappa shape index (κ1) is 16.1. The Morgan fingerprint density at radius 2 is 1.89 bits per heavy atom. The van der Waals surface area contributed by atoms with Gasteiger partial charge in [0.25, 0.3) is 0 Å². The van der Waals surface area contributed by atoms with Crippen molar-refractivity contribution in [3.63, 3.8) is 0 Å². The Morgan fingerprint density at radius 1 is 1.26 bits per heavy atom. The summed E-state index contributed by atoms with van der Waals surface area (Å²) in [5, 5.41) is 5.92. The number of carbonyl (C=O) groups excluding carboxylic acids is 1. The molecule has 2 N–H and O–H groups in total. The standard InChI is InChI=1S/C14H20BrFN2O/c1-8(2)17-14(19)10(4)18-9(3)12-7-11(15)5-6-13(12)16/h5-10,18H,1-4H3,(H,17,19). The van der Waals surface area contributed by atoms with E-state index in [9.17, 15) is 9.18 Å². The molecule has 1 rings (SSSR count). The van der Waals surface area contributed by atoms with Crippen molar-refractivity contribution in [3.8, 4) is 0 Å². The maximum absolute atomic E-state index is 13.7. The van der Waals surface area contributed by atoms with Gasteiger partial charge >= 0.3 is 0 Å². The molecule has 0 aliphatic rings. The molecule has 2 atom stereocenters. The van der Waals surface area contributed by atoms with Crippen LogP contribution in [0.15, 0.2) is 22.7 Å². The first-order chi connectivity index (χ1) is 8.81. The van der Waals surface area contributed by atoms with Crippen LogP contribution in [-0.4, -0.2) is 18.0 Å². The summed E-state index contributed by atoms with van der Waals surface area (Å²) in [6.07, 6.45) is 0. The summed E-state index contributed by atoms with van der Waals surface area (Å²) in [4.78, 5) is 11.8. The van der Waals surface area contributed by atoms with Crippen molar-refractivity contribution in [3.05, 3.63) is 34.1 Å². The van der Waals surface area contributed by atoms with E-state index in [-0.39, 0.29) is 29.8 Å². The molecule has 0 fully saturated rings. The highest BCUT2D eigenvalue weighted by Crippen LogP contribution is 2.21. The van der Waals surface area contributed by atoms with Gasteiger partial charge < -0.3 is 5.32 Å². The van der Waals surface area contributed by atoms with Gasteiger partial charge in [-0.3, -0.25) is 10.1 Å². The third-order valence-electron chi connectivity index (χ3n) is 2.75. The zero-order chi connectivity index (χ0) is 14.6. The van der Waals surface area contributed by atoms with Crippen LogP contribution in [0.5, 0.6) is 0 Å². The Balaban J connectivity index is 2.71. The first-order valence-corrected chi connectivity index (χ1v) is 7.12. The smallest absolute Gasteiger partial charge is 0.237 e. The van der Waals surface area contributed by atoms with Crippen LogP contribution in [0.25, 0.3) is 0 Å². The Labute approximate surface area is 122 Å². The fourth-order valence-corrected chi connectivity index (χ4v) is 2.18. The highest BCUT2D eigenvalue weighted by atomic mass is 79.9. The third-order valence-corrected chi connectivity index (χ3v) is 3.24.